The van der Waals surface area contributed by atoms with Crippen molar-refractivity contribution in [1.29, 1.82) is 0 Å². The summed E-state index contributed by atoms with van der Waals surface area (Å²) >= 11 is 0. The zero-order chi connectivity index (χ0) is 9.61. The number of nitrogens with one attached hydrogen (secondary N) is 1. The van der Waals surface area contributed by atoms with E-state index in [9.17, 15) is 0 Å². The lowest BCUT2D eigenvalue weighted by molar-refractivity contribution is -0.0357. The molecule has 0 radical (unpaired) electrons. The molecule has 1 N–H and O–H groups in total. The Morgan fingerprint density at radius 2 is 2.17 bits per heavy atom. The lowest BCUT2D eigenvalue weighted by Gasteiger charge is -2.33. The monoisotopic (exact) mass is 171 g/mol. The number of ether oxygens (including phenoxy) is 1. The third-order valence-electron chi connectivity index (χ3n) is 2.11. The molecule has 1 atom stereocenters. The van der Waals surface area contributed by atoms with Crippen molar-refractivity contribution in [2.24, 2.45) is 0 Å². The van der Waals surface area contributed by atoms with E-state index in [1.54, 1.807) is 0 Å². The summed E-state index contributed by atoms with van der Waals surface area (Å²) in [6.45, 7) is 10.7. The van der Waals surface area contributed by atoms with Gasteiger partial charge in [-0.25, -0.2) is 0 Å². The fraction of sp³-hybridized carbons (Fsp3) is 0.800. The summed E-state index contributed by atoms with van der Waals surface area (Å²) in [5.41, 5.74) is -0.113. The van der Waals surface area contributed by atoms with Crippen LogP contribution in [0.3, 0.4) is 0 Å². The first-order valence-electron chi connectivity index (χ1n) is 4.50. The minimum atomic E-state index is -0.113. The van der Waals surface area contributed by atoms with E-state index in [1.165, 1.54) is 0 Å². The van der Waals surface area contributed by atoms with Crippen LogP contribution in [0.15, 0.2) is 12.7 Å². The first-order chi connectivity index (χ1) is 5.58. The van der Waals surface area contributed by atoms with Crippen molar-refractivity contribution in [2.45, 2.75) is 38.8 Å². The Kier molecular flexibility index (Phi) is 5.18. The van der Waals surface area contributed by atoms with Gasteiger partial charge in [-0.1, -0.05) is 6.08 Å². The molecule has 0 amide bonds. The lowest BCUT2D eigenvalue weighted by atomic mass is 9.96. The Morgan fingerprint density at radius 3 is 2.50 bits per heavy atom. The summed E-state index contributed by atoms with van der Waals surface area (Å²) in [4.78, 5) is 0. The Hall–Kier alpha value is -0.340. The predicted octanol–water partition coefficient (Wildman–Crippen LogP) is 1.97. The second kappa shape index (κ2) is 5.33. The minimum absolute atomic E-state index is 0.113. The van der Waals surface area contributed by atoms with Gasteiger partial charge in [-0.15, -0.1) is 6.58 Å². The third kappa shape index (κ3) is 3.37. The maximum absolute atomic E-state index is 5.62. The highest BCUT2D eigenvalue weighted by Gasteiger charge is 2.27. The Bertz CT molecular complexity index is 132. The van der Waals surface area contributed by atoms with Gasteiger partial charge in [0.2, 0.25) is 0 Å². The van der Waals surface area contributed by atoms with E-state index in [0.717, 1.165) is 13.0 Å². The van der Waals surface area contributed by atoms with Gasteiger partial charge in [-0.3, -0.25) is 0 Å². The highest BCUT2D eigenvalue weighted by molar-refractivity contribution is 4.89. The van der Waals surface area contributed by atoms with Crippen LogP contribution in [-0.2, 0) is 4.74 Å². The highest BCUT2D eigenvalue weighted by Crippen LogP contribution is 2.17. The number of likely N-dealkylation sites (N-methyl/N-ethyl adjacent to an activating group) is 1. The van der Waals surface area contributed by atoms with Crippen molar-refractivity contribution in [3.63, 3.8) is 0 Å². The van der Waals surface area contributed by atoms with Crippen molar-refractivity contribution >= 4 is 0 Å². The first-order valence-corrected chi connectivity index (χ1v) is 4.50. The molecule has 0 aliphatic carbocycles. The van der Waals surface area contributed by atoms with Crippen LogP contribution in [0, 0.1) is 0 Å². The lowest BCUT2D eigenvalue weighted by Crippen LogP contribution is -2.46. The molecule has 0 fully saturated rings. The summed E-state index contributed by atoms with van der Waals surface area (Å²) in [7, 11) is 1.95. The summed E-state index contributed by atoms with van der Waals surface area (Å²) in [5.74, 6) is 0. The van der Waals surface area contributed by atoms with E-state index in [0.29, 0.717) is 6.04 Å². The largest absolute Gasteiger partial charge is 0.374 e. The third-order valence-corrected chi connectivity index (χ3v) is 2.11. The van der Waals surface area contributed by atoms with E-state index in [4.69, 9.17) is 4.74 Å². The van der Waals surface area contributed by atoms with Crippen LogP contribution in [0.2, 0.25) is 0 Å². The highest BCUT2D eigenvalue weighted by atomic mass is 16.5. The van der Waals surface area contributed by atoms with Crippen LogP contribution in [0.5, 0.6) is 0 Å². The molecule has 0 bridgehead atoms. The normalized spacial score (nSPS) is 14.3. The zero-order valence-corrected chi connectivity index (χ0v) is 8.68. The van der Waals surface area contributed by atoms with Crippen molar-refractivity contribution in [3.8, 4) is 0 Å². The Balaban J connectivity index is 4.14. The van der Waals surface area contributed by atoms with E-state index in [2.05, 4.69) is 25.7 Å². The number of hydrogen-bond donors (Lipinski definition) is 1. The van der Waals surface area contributed by atoms with Gasteiger partial charge in [0.25, 0.3) is 0 Å². The fourth-order valence-electron chi connectivity index (χ4n) is 1.39. The van der Waals surface area contributed by atoms with E-state index in [1.807, 2.05) is 20.0 Å². The molecule has 0 aromatic rings. The van der Waals surface area contributed by atoms with Crippen LogP contribution in [0.4, 0.5) is 0 Å². The molecule has 72 valence electrons. The molecule has 12 heavy (non-hydrogen) atoms. The molecule has 0 aromatic heterocycles. The van der Waals surface area contributed by atoms with Crippen molar-refractivity contribution in [1.82, 2.24) is 5.32 Å². The van der Waals surface area contributed by atoms with Crippen molar-refractivity contribution in [2.75, 3.05) is 13.7 Å². The second-order valence-corrected chi connectivity index (χ2v) is 3.40. The standard InChI is InChI=1S/C10H21NO/c1-6-8-9(11-5)10(3,4)12-7-2/h6,9,11H,1,7-8H2,2-5H3. The minimum Gasteiger partial charge on any atom is -0.374 e. The van der Waals surface area contributed by atoms with Gasteiger partial charge in [-0.2, -0.15) is 0 Å². The van der Waals surface area contributed by atoms with Crippen LogP contribution in [-0.4, -0.2) is 25.3 Å². The van der Waals surface area contributed by atoms with Gasteiger partial charge in [-0.05, 0) is 34.2 Å². The van der Waals surface area contributed by atoms with Gasteiger partial charge >= 0.3 is 0 Å². The van der Waals surface area contributed by atoms with Crippen LogP contribution < -0.4 is 5.32 Å². The average molecular weight is 171 g/mol. The summed E-state index contributed by atoms with van der Waals surface area (Å²) in [6.07, 6.45) is 2.85. The van der Waals surface area contributed by atoms with Gasteiger partial charge in [0.05, 0.1) is 5.60 Å². The summed E-state index contributed by atoms with van der Waals surface area (Å²) in [5, 5.41) is 3.23. The van der Waals surface area contributed by atoms with Gasteiger partial charge in [0, 0.05) is 12.6 Å². The van der Waals surface area contributed by atoms with Crippen LogP contribution in [0.25, 0.3) is 0 Å². The van der Waals surface area contributed by atoms with Gasteiger partial charge in [0.1, 0.15) is 0 Å². The smallest absolute Gasteiger partial charge is 0.0781 e. The molecular formula is C10H21NO. The molecule has 0 saturated carbocycles. The van der Waals surface area contributed by atoms with E-state index >= 15 is 0 Å². The molecule has 0 aliphatic heterocycles. The van der Waals surface area contributed by atoms with Crippen molar-refractivity contribution in [3.05, 3.63) is 12.7 Å². The maximum atomic E-state index is 5.62. The van der Waals surface area contributed by atoms with Crippen LogP contribution in [0.1, 0.15) is 27.2 Å². The Labute approximate surface area is 76.0 Å². The maximum Gasteiger partial charge on any atom is 0.0781 e. The number of hydrogen-bond acceptors (Lipinski definition) is 2. The zero-order valence-electron chi connectivity index (χ0n) is 8.68. The van der Waals surface area contributed by atoms with Crippen molar-refractivity contribution < 1.29 is 4.74 Å². The van der Waals surface area contributed by atoms with E-state index < -0.39 is 0 Å². The molecule has 0 spiro atoms. The molecule has 0 rings (SSSR count). The average Bonchev–Trinajstić information content (AvgIpc) is 1.99. The number of rotatable bonds is 6. The second-order valence-electron chi connectivity index (χ2n) is 3.40. The topological polar surface area (TPSA) is 21.3 Å². The molecule has 0 aliphatic rings. The molecule has 0 aromatic carbocycles. The van der Waals surface area contributed by atoms with Gasteiger partial charge < -0.3 is 10.1 Å². The summed E-state index contributed by atoms with van der Waals surface area (Å²) in [6, 6.07) is 0.343. The molecule has 0 heterocycles. The fourth-order valence-corrected chi connectivity index (χ4v) is 1.39. The van der Waals surface area contributed by atoms with E-state index in [-0.39, 0.29) is 5.60 Å². The first kappa shape index (κ1) is 11.7. The molecule has 2 nitrogen and oxygen atoms in total. The molecule has 0 saturated heterocycles. The quantitative estimate of drug-likeness (QED) is 0.617. The molecule has 1 unspecified atom stereocenters. The van der Waals surface area contributed by atoms with Gasteiger partial charge in [0.15, 0.2) is 0 Å². The molecule has 2 heteroatoms. The SMILES string of the molecule is C=CCC(NC)C(C)(C)OCC. The summed E-state index contributed by atoms with van der Waals surface area (Å²) < 4.78 is 5.62. The predicted molar refractivity (Wildman–Crippen MR) is 53.4 cm³/mol. The van der Waals surface area contributed by atoms with Crippen LogP contribution >= 0.6 is 0 Å². The molecular weight excluding hydrogens is 150 g/mol. The Morgan fingerprint density at radius 1 is 1.58 bits per heavy atom.